The molecule has 11 heteroatoms. The summed E-state index contributed by atoms with van der Waals surface area (Å²) in [7, 11) is 0. The van der Waals surface area contributed by atoms with E-state index in [1.807, 2.05) is 55.5 Å². The van der Waals surface area contributed by atoms with Gasteiger partial charge in [0.2, 0.25) is 11.8 Å². The van der Waals surface area contributed by atoms with Gasteiger partial charge in [-0.2, -0.15) is 0 Å². The number of anilines is 1. The maximum atomic E-state index is 13.7. The monoisotopic (exact) mass is 590 g/mol. The van der Waals surface area contributed by atoms with Crippen molar-refractivity contribution < 1.29 is 23.9 Å². The number of nitrogens with one attached hydrogen (secondary N) is 2. The fourth-order valence-electron chi connectivity index (χ4n) is 4.99. The van der Waals surface area contributed by atoms with Crippen molar-refractivity contribution in [3.63, 3.8) is 0 Å². The molecule has 1 aliphatic heterocycles. The lowest BCUT2D eigenvalue weighted by molar-refractivity contribution is -0.125. The second kappa shape index (κ2) is 16.4. The number of aromatic nitrogens is 3. The lowest BCUT2D eigenvalue weighted by atomic mass is 9.95. The van der Waals surface area contributed by atoms with E-state index in [2.05, 4.69) is 27.9 Å². The van der Waals surface area contributed by atoms with Crippen LogP contribution in [0.4, 0.5) is 10.5 Å². The van der Waals surface area contributed by atoms with Gasteiger partial charge in [0.25, 0.3) is 0 Å². The van der Waals surface area contributed by atoms with Gasteiger partial charge >= 0.3 is 6.09 Å². The fourth-order valence-corrected chi connectivity index (χ4v) is 4.99. The van der Waals surface area contributed by atoms with Crippen LogP contribution in [0.25, 0.3) is 22.5 Å². The molecule has 1 aliphatic rings. The molecular formula is C32H42N6O5. The van der Waals surface area contributed by atoms with E-state index in [0.717, 1.165) is 48.1 Å². The maximum Gasteiger partial charge on any atom is 0.407 e. The fraction of sp³-hybridized carbons (Fsp3) is 0.469. The topological polar surface area (TPSA) is 128 Å². The molecule has 1 aromatic heterocycles. The van der Waals surface area contributed by atoms with Crippen LogP contribution < -0.4 is 15.5 Å². The SMILES string of the molecule is CCCCCNC(=O)OCCn1nnc2c1-c1ccccc1N(C(=O)CCC(=O)NCCOCCC)Cc1ccccc1-2. The van der Waals surface area contributed by atoms with Gasteiger partial charge in [-0.3, -0.25) is 9.59 Å². The highest BCUT2D eigenvalue weighted by Crippen LogP contribution is 2.41. The van der Waals surface area contributed by atoms with Crippen molar-refractivity contribution in [3.05, 3.63) is 54.1 Å². The molecule has 3 aromatic rings. The number of amides is 3. The molecule has 2 N–H and O–H groups in total. The number of unbranched alkanes of at least 4 members (excludes halogenated alkanes) is 2. The highest BCUT2D eigenvalue weighted by atomic mass is 16.5. The average molecular weight is 591 g/mol. The van der Waals surface area contributed by atoms with Gasteiger partial charge < -0.3 is 25.0 Å². The zero-order valence-electron chi connectivity index (χ0n) is 25.1. The number of para-hydroxylation sites is 1. The summed E-state index contributed by atoms with van der Waals surface area (Å²) in [6.45, 7) is 6.96. The molecule has 11 nitrogen and oxygen atoms in total. The van der Waals surface area contributed by atoms with Crippen LogP contribution in [0, 0.1) is 0 Å². The summed E-state index contributed by atoms with van der Waals surface area (Å²) in [5.74, 6) is -0.349. The minimum absolute atomic E-state index is 0.0593. The van der Waals surface area contributed by atoms with Gasteiger partial charge in [0, 0.05) is 43.7 Å². The Morgan fingerprint density at radius 2 is 1.65 bits per heavy atom. The Hall–Kier alpha value is -4.25. The number of hydrogen-bond donors (Lipinski definition) is 2. The molecule has 0 fully saturated rings. The second-order valence-electron chi connectivity index (χ2n) is 10.4. The lowest BCUT2D eigenvalue weighted by Gasteiger charge is -2.28. The van der Waals surface area contributed by atoms with Crippen molar-refractivity contribution in [2.75, 3.05) is 37.8 Å². The number of hydrogen-bond acceptors (Lipinski definition) is 7. The molecule has 2 aromatic carbocycles. The van der Waals surface area contributed by atoms with Crippen molar-refractivity contribution in [3.8, 4) is 22.5 Å². The normalized spacial score (nSPS) is 11.9. The predicted octanol–water partition coefficient (Wildman–Crippen LogP) is 4.70. The number of alkyl carbamates (subject to hydrolysis) is 1. The van der Waals surface area contributed by atoms with E-state index >= 15 is 0 Å². The predicted molar refractivity (Wildman–Crippen MR) is 164 cm³/mol. The van der Waals surface area contributed by atoms with E-state index < -0.39 is 6.09 Å². The Morgan fingerprint density at radius 3 is 2.47 bits per heavy atom. The van der Waals surface area contributed by atoms with Gasteiger partial charge in [-0.05, 0) is 24.5 Å². The second-order valence-corrected chi connectivity index (χ2v) is 10.4. The van der Waals surface area contributed by atoms with Crippen molar-refractivity contribution in [2.45, 2.75) is 65.5 Å². The third-order valence-electron chi connectivity index (χ3n) is 7.16. The number of ether oxygens (including phenoxy) is 2. The van der Waals surface area contributed by atoms with Crippen molar-refractivity contribution in [1.29, 1.82) is 0 Å². The molecule has 3 amide bonds. The molecule has 0 spiro atoms. The Labute approximate surface area is 252 Å². The summed E-state index contributed by atoms with van der Waals surface area (Å²) >= 11 is 0. The van der Waals surface area contributed by atoms with Gasteiger partial charge in [0.1, 0.15) is 12.3 Å². The molecule has 2 heterocycles. The van der Waals surface area contributed by atoms with Crippen LogP contribution in [0.3, 0.4) is 0 Å². The van der Waals surface area contributed by atoms with Gasteiger partial charge in [0.05, 0.1) is 31.1 Å². The minimum Gasteiger partial charge on any atom is -0.448 e. The largest absolute Gasteiger partial charge is 0.448 e. The summed E-state index contributed by atoms with van der Waals surface area (Å²) in [6, 6.07) is 15.4. The molecule has 230 valence electrons. The number of carbonyl (C=O) groups is 3. The summed E-state index contributed by atoms with van der Waals surface area (Å²) in [4.78, 5) is 40.0. The summed E-state index contributed by atoms with van der Waals surface area (Å²) in [5.41, 5.74) is 4.71. The third-order valence-corrected chi connectivity index (χ3v) is 7.16. The minimum atomic E-state index is -0.459. The molecular weight excluding hydrogens is 548 g/mol. The van der Waals surface area contributed by atoms with Crippen LogP contribution in [-0.4, -0.2) is 65.8 Å². The smallest absolute Gasteiger partial charge is 0.407 e. The zero-order chi connectivity index (χ0) is 30.4. The zero-order valence-corrected chi connectivity index (χ0v) is 25.1. The number of fused-ring (bicyclic) bond motifs is 5. The average Bonchev–Trinajstić information content (AvgIpc) is 3.43. The van der Waals surface area contributed by atoms with Crippen molar-refractivity contribution >= 4 is 23.6 Å². The first-order valence-corrected chi connectivity index (χ1v) is 15.2. The third kappa shape index (κ3) is 8.63. The van der Waals surface area contributed by atoms with E-state index in [1.54, 1.807) is 9.58 Å². The van der Waals surface area contributed by atoms with Crippen molar-refractivity contribution in [2.24, 2.45) is 0 Å². The highest BCUT2D eigenvalue weighted by molar-refractivity contribution is 6.01. The molecule has 0 radical (unpaired) electrons. The van der Waals surface area contributed by atoms with Crippen LogP contribution in [0.15, 0.2) is 48.5 Å². The first-order valence-electron chi connectivity index (χ1n) is 15.2. The number of benzene rings is 2. The van der Waals surface area contributed by atoms with E-state index in [9.17, 15) is 14.4 Å². The van der Waals surface area contributed by atoms with Crippen LogP contribution in [0.2, 0.25) is 0 Å². The maximum absolute atomic E-state index is 13.7. The highest BCUT2D eigenvalue weighted by Gasteiger charge is 2.29. The first-order chi connectivity index (χ1) is 21.0. The molecule has 0 saturated heterocycles. The number of carbonyl (C=O) groups excluding carboxylic acids is 3. The van der Waals surface area contributed by atoms with Crippen LogP contribution >= 0.6 is 0 Å². The molecule has 0 aliphatic carbocycles. The number of rotatable bonds is 15. The molecule has 43 heavy (non-hydrogen) atoms. The standard InChI is InChI=1S/C32H42N6O5/c1-3-5-10-17-34-32(41)43-22-19-38-31-26-13-8-9-14-27(26)37(23-24-11-6-7-12-25(24)30(31)35-36-38)29(40)16-15-28(39)33-18-21-42-20-4-2/h6-9,11-14H,3-5,10,15-23H2,1-2H3,(H,33,39)(H,34,41). The first kappa shape index (κ1) is 31.7. The Balaban J connectivity index is 1.53. The van der Waals surface area contributed by atoms with E-state index in [1.165, 1.54) is 0 Å². The van der Waals surface area contributed by atoms with Gasteiger partial charge in [-0.25, -0.2) is 9.48 Å². The molecule has 0 bridgehead atoms. The Morgan fingerprint density at radius 1 is 0.860 bits per heavy atom. The van der Waals surface area contributed by atoms with Gasteiger partial charge in [-0.15, -0.1) is 5.10 Å². The van der Waals surface area contributed by atoms with Crippen molar-refractivity contribution in [1.82, 2.24) is 25.6 Å². The summed E-state index contributed by atoms with van der Waals surface area (Å²) in [5, 5.41) is 14.6. The summed E-state index contributed by atoms with van der Waals surface area (Å²) < 4.78 is 12.5. The Bertz CT molecular complexity index is 1370. The molecule has 0 atom stereocenters. The van der Waals surface area contributed by atoms with Gasteiger partial charge in [-0.1, -0.05) is 74.4 Å². The lowest BCUT2D eigenvalue weighted by Crippen LogP contribution is -2.34. The van der Waals surface area contributed by atoms with E-state index in [4.69, 9.17) is 9.47 Å². The molecule has 0 saturated carbocycles. The summed E-state index contributed by atoms with van der Waals surface area (Å²) in [6.07, 6.45) is 3.63. The number of nitrogens with zero attached hydrogens (tertiary/aromatic N) is 4. The quantitative estimate of drug-likeness (QED) is 0.246. The van der Waals surface area contributed by atoms with E-state index in [0.29, 0.717) is 44.2 Å². The Kier molecular flexibility index (Phi) is 12.1. The molecule has 0 unspecified atom stereocenters. The van der Waals surface area contributed by atoms with Crippen LogP contribution in [0.1, 0.15) is 57.9 Å². The van der Waals surface area contributed by atoms with E-state index in [-0.39, 0.29) is 37.8 Å². The van der Waals surface area contributed by atoms with Crippen LogP contribution in [-0.2, 0) is 32.2 Å². The van der Waals surface area contributed by atoms with Crippen LogP contribution in [0.5, 0.6) is 0 Å². The van der Waals surface area contributed by atoms with Gasteiger partial charge in [0.15, 0.2) is 0 Å². The molecule has 4 rings (SSSR count).